The number of halogens is 6. The first kappa shape index (κ1) is 20.5. The van der Waals surface area contributed by atoms with E-state index in [0.29, 0.717) is 26.3 Å². The third-order valence-corrected chi connectivity index (χ3v) is 6.81. The summed E-state index contributed by atoms with van der Waals surface area (Å²) < 4.78 is 107. The van der Waals surface area contributed by atoms with E-state index in [4.69, 9.17) is 0 Å². The molecule has 0 amide bonds. The SMILES string of the molecule is O=S(=O)(c1c(F)c(F)c(F)c(F)c1F)N1CC=C(c2c[nH]c3cc(F)ccc23)CC1. The minimum absolute atomic E-state index is 0.110. The molecule has 0 spiro atoms. The van der Waals surface area contributed by atoms with Gasteiger partial charge in [0.15, 0.2) is 28.2 Å². The van der Waals surface area contributed by atoms with Crippen molar-refractivity contribution in [2.45, 2.75) is 11.3 Å². The number of aromatic nitrogens is 1. The molecule has 0 fully saturated rings. The molecule has 0 atom stereocenters. The lowest BCUT2D eigenvalue weighted by Gasteiger charge is -2.26. The number of H-pyrrole nitrogens is 1. The van der Waals surface area contributed by atoms with Crippen LogP contribution in [0.4, 0.5) is 26.3 Å². The molecule has 158 valence electrons. The first-order valence-electron chi connectivity index (χ1n) is 8.60. The molecular formula is C19H12F6N2O2S. The predicted octanol–water partition coefficient (Wildman–Crippen LogP) is 4.48. The van der Waals surface area contributed by atoms with Crippen molar-refractivity contribution in [1.82, 2.24) is 9.29 Å². The lowest BCUT2D eigenvalue weighted by molar-refractivity contribution is 0.351. The zero-order valence-electron chi connectivity index (χ0n) is 14.9. The van der Waals surface area contributed by atoms with Gasteiger partial charge in [-0.1, -0.05) is 6.08 Å². The summed E-state index contributed by atoms with van der Waals surface area (Å²) in [5.41, 5.74) is 1.91. The molecule has 1 aliphatic rings. The van der Waals surface area contributed by atoms with Crippen molar-refractivity contribution in [3.05, 3.63) is 70.9 Å². The Labute approximate surface area is 166 Å². The van der Waals surface area contributed by atoms with Crippen LogP contribution in [0.15, 0.2) is 35.4 Å². The molecule has 0 aliphatic carbocycles. The van der Waals surface area contributed by atoms with Gasteiger partial charge in [0.05, 0.1) is 0 Å². The van der Waals surface area contributed by atoms with Crippen LogP contribution in [-0.2, 0) is 10.0 Å². The molecule has 4 rings (SSSR count). The largest absolute Gasteiger partial charge is 0.360 e. The number of sulfonamides is 1. The van der Waals surface area contributed by atoms with Gasteiger partial charge in [-0.2, -0.15) is 4.31 Å². The molecule has 0 radical (unpaired) electrons. The molecular weight excluding hydrogens is 434 g/mol. The lowest BCUT2D eigenvalue weighted by Crippen LogP contribution is -2.36. The van der Waals surface area contributed by atoms with Gasteiger partial charge in [0, 0.05) is 35.8 Å². The summed E-state index contributed by atoms with van der Waals surface area (Å²) in [6.07, 6.45) is 3.20. The maximum Gasteiger partial charge on any atom is 0.249 e. The summed E-state index contributed by atoms with van der Waals surface area (Å²) in [5.74, 6) is -12.3. The van der Waals surface area contributed by atoms with Crippen molar-refractivity contribution >= 4 is 26.5 Å². The van der Waals surface area contributed by atoms with Crippen LogP contribution < -0.4 is 0 Å². The van der Waals surface area contributed by atoms with E-state index in [1.54, 1.807) is 12.3 Å². The molecule has 2 heterocycles. The monoisotopic (exact) mass is 446 g/mol. The molecule has 11 heteroatoms. The van der Waals surface area contributed by atoms with Crippen LogP contribution in [0.2, 0.25) is 0 Å². The Hall–Kier alpha value is -2.79. The summed E-state index contributed by atoms with van der Waals surface area (Å²) in [6.45, 7) is -0.591. The number of hydrogen-bond donors (Lipinski definition) is 1. The molecule has 3 aromatic rings. The van der Waals surface area contributed by atoms with Gasteiger partial charge in [0.1, 0.15) is 5.82 Å². The number of aromatic amines is 1. The highest BCUT2D eigenvalue weighted by Gasteiger charge is 2.37. The fourth-order valence-corrected chi connectivity index (χ4v) is 4.91. The van der Waals surface area contributed by atoms with E-state index in [2.05, 4.69) is 4.98 Å². The number of benzene rings is 2. The number of nitrogens with zero attached hydrogens (tertiary/aromatic N) is 1. The fraction of sp³-hybridized carbons (Fsp3) is 0.158. The summed E-state index contributed by atoms with van der Waals surface area (Å²) >= 11 is 0. The molecule has 0 unspecified atom stereocenters. The van der Waals surface area contributed by atoms with Crippen LogP contribution >= 0.6 is 0 Å². The fourth-order valence-electron chi connectivity index (χ4n) is 3.42. The Balaban J connectivity index is 1.69. The Morgan fingerprint density at radius 1 is 0.900 bits per heavy atom. The van der Waals surface area contributed by atoms with Gasteiger partial charge in [-0.3, -0.25) is 0 Å². The Morgan fingerprint density at radius 3 is 2.13 bits per heavy atom. The average molecular weight is 446 g/mol. The van der Waals surface area contributed by atoms with Gasteiger partial charge >= 0.3 is 0 Å². The maximum atomic E-state index is 14.0. The maximum absolute atomic E-state index is 14.0. The highest BCUT2D eigenvalue weighted by Crippen LogP contribution is 2.33. The Kier molecular flexibility index (Phi) is 4.89. The normalized spacial score (nSPS) is 15.6. The Bertz CT molecular complexity index is 1290. The summed E-state index contributed by atoms with van der Waals surface area (Å²) in [7, 11) is -4.99. The van der Waals surface area contributed by atoms with Gasteiger partial charge in [0.25, 0.3) is 0 Å². The standard InChI is InChI=1S/C19H12F6N2O2S/c20-10-1-2-11-12(8-26-13(11)7-10)9-3-5-27(6-4-9)30(28,29)19-17(24)15(22)14(21)16(23)18(19)25/h1-3,7-8,26H,4-6H2. The number of hydrogen-bond acceptors (Lipinski definition) is 2. The lowest BCUT2D eigenvalue weighted by atomic mass is 10.00. The van der Waals surface area contributed by atoms with Crippen molar-refractivity contribution in [3.8, 4) is 0 Å². The van der Waals surface area contributed by atoms with E-state index in [1.807, 2.05) is 0 Å². The van der Waals surface area contributed by atoms with Crippen molar-refractivity contribution in [2.75, 3.05) is 13.1 Å². The summed E-state index contributed by atoms with van der Waals surface area (Å²) in [6, 6.07) is 4.11. The average Bonchev–Trinajstić information content (AvgIpc) is 3.14. The van der Waals surface area contributed by atoms with Crippen molar-refractivity contribution < 1.29 is 34.8 Å². The van der Waals surface area contributed by atoms with Crippen LogP contribution in [-0.4, -0.2) is 30.8 Å². The first-order valence-corrected chi connectivity index (χ1v) is 10.0. The van der Waals surface area contributed by atoms with Crippen LogP contribution in [0, 0.1) is 34.9 Å². The van der Waals surface area contributed by atoms with Crippen LogP contribution in [0.1, 0.15) is 12.0 Å². The van der Waals surface area contributed by atoms with Crippen LogP contribution in [0.5, 0.6) is 0 Å². The van der Waals surface area contributed by atoms with Crippen LogP contribution in [0.25, 0.3) is 16.5 Å². The highest BCUT2D eigenvalue weighted by molar-refractivity contribution is 7.89. The van der Waals surface area contributed by atoms with Crippen LogP contribution in [0.3, 0.4) is 0 Å². The second-order valence-electron chi connectivity index (χ2n) is 6.63. The van der Waals surface area contributed by atoms with E-state index in [9.17, 15) is 34.8 Å². The highest BCUT2D eigenvalue weighted by atomic mass is 32.2. The molecule has 0 saturated carbocycles. The van der Waals surface area contributed by atoms with E-state index in [1.165, 1.54) is 18.2 Å². The minimum atomic E-state index is -4.99. The van der Waals surface area contributed by atoms with Crippen molar-refractivity contribution in [1.29, 1.82) is 0 Å². The number of fused-ring (bicyclic) bond motifs is 1. The molecule has 0 saturated heterocycles. The van der Waals surface area contributed by atoms with Gasteiger partial charge in [-0.15, -0.1) is 0 Å². The zero-order valence-corrected chi connectivity index (χ0v) is 15.8. The van der Waals surface area contributed by atoms with Crippen molar-refractivity contribution in [3.63, 3.8) is 0 Å². The minimum Gasteiger partial charge on any atom is -0.360 e. The number of nitrogens with one attached hydrogen (secondary N) is 1. The number of rotatable bonds is 3. The second-order valence-corrected chi connectivity index (χ2v) is 8.51. The molecule has 1 aromatic heterocycles. The van der Waals surface area contributed by atoms with E-state index in [-0.39, 0.29) is 19.5 Å². The molecule has 30 heavy (non-hydrogen) atoms. The zero-order chi connectivity index (χ0) is 21.8. The summed E-state index contributed by atoms with van der Waals surface area (Å²) in [4.78, 5) is 1.02. The first-order chi connectivity index (χ1) is 14.1. The third kappa shape index (κ3) is 3.08. The van der Waals surface area contributed by atoms with E-state index >= 15 is 0 Å². The molecule has 2 aromatic carbocycles. The summed E-state index contributed by atoms with van der Waals surface area (Å²) in [5, 5.41) is 0.693. The molecule has 1 aliphatic heterocycles. The predicted molar refractivity (Wildman–Crippen MR) is 95.8 cm³/mol. The van der Waals surface area contributed by atoms with Crippen molar-refractivity contribution in [2.24, 2.45) is 0 Å². The molecule has 4 nitrogen and oxygen atoms in total. The van der Waals surface area contributed by atoms with E-state index < -0.39 is 49.8 Å². The smallest absolute Gasteiger partial charge is 0.249 e. The van der Waals surface area contributed by atoms with E-state index in [0.717, 1.165) is 0 Å². The van der Waals surface area contributed by atoms with Gasteiger partial charge < -0.3 is 4.98 Å². The van der Waals surface area contributed by atoms with Gasteiger partial charge in [-0.05, 0) is 30.2 Å². The van der Waals surface area contributed by atoms with Gasteiger partial charge in [-0.25, -0.2) is 34.8 Å². The van der Waals surface area contributed by atoms with Gasteiger partial charge in [0.2, 0.25) is 15.8 Å². The molecule has 1 N–H and O–H groups in total. The molecule has 0 bridgehead atoms. The Morgan fingerprint density at radius 2 is 1.53 bits per heavy atom. The third-order valence-electron chi connectivity index (χ3n) is 4.93. The quantitative estimate of drug-likeness (QED) is 0.367. The second kappa shape index (κ2) is 7.17. The topological polar surface area (TPSA) is 53.2 Å².